The van der Waals surface area contributed by atoms with Gasteiger partial charge in [0.1, 0.15) is 0 Å². The summed E-state index contributed by atoms with van der Waals surface area (Å²) >= 11 is 1.46. The van der Waals surface area contributed by atoms with E-state index in [1.807, 2.05) is 4.68 Å². The van der Waals surface area contributed by atoms with Crippen molar-refractivity contribution in [1.82, 2.24) is 25.5 Å². The van der Waals surface area contributed by atoms with Gasteiger partial charge in [0.25, 0.3) is 0 Å². The fraction of sp³-hybridized carbons (Fsp3) is 0.875. The Morgan fingerprint density at radius 3 is 2.43 bits per heavy atom. The van der Waals surface area contributed by atoms with Crippen molar-refractivity contribution >= 4 is 17.7 Å². The molecule has 0 aromatic carbocycles. The maximum atomic E-state index is 12.2. The molecule has 1 aromatic heterocycles. The molecule has 2 saturated carbocycles. The molecule has 0 bridgehead atoms. The van der Waals surface area contributed by atoms with E-state index >= 15 is 0 Å². The lowest BCUT2D eigenvalue weighted by Gasteiger charge is -2.22. The number of thioether (sulfide) groups is 1. The van der Waals surface area contributed by atoms with Gasteiger partial charge in [-0.25, -0.2) is 4.68 Å². The van der Waals surface area contributed by atoms with Gasteiger partial charge in [0, 0.05) is 6.04 Å². The van der Waals surface area contributed by atoms with Crippen LogP contribution in [-0.4, -0.2) is 37.9 Å². The highest BCUT2D eigenvalue weighted by molar-refractivity contribution is 7.99. The van der Waals surface area contributed by atoms with Gasteiger partial charge in [-0.05, 0) is 36.1 Å². The minimum atomic E-state index is 0.111. The van der Waals surface area contributed by atoms with Gasteiger partial charge in [-0.15, -0.1) is 5.10 Å². The Morgan fingerprint density at radius 2 is 1.70 bits per heavy atom. The third-order valence-corrected chi connectivity index (χ3v) is 5.87. The number of nitrogens with zero attached hydrogens (tertiary/aromatic N) is 4. The van der Waals surface area contributed by atoms with Crippen LogP contribution in [0.3, 0.4) is 0 Å². The molecule has 1 N–H and O–H groups in total. The first-order valence-electron chi connectivity index (χ1n) is 9.03. The van der Waals surface area contributed by atoms with Crippen LogP contribution in [0.4, 0.5) is 0 Å². The molecule has 1 aromatic rings. The van der Waals surface area contributed by atoms with Gasteiger partial charge in [0.05, 0.1) is 11.8 Å². The van der Waals surface area contributed by atoms with Gasteiger partial charge in [0.15, 0.2) is 0 Å². The molecular formula is C16H27N5OS. The van der Waals surface area contributed by atoms with Crippen LogP contribution >= 0.6 is 11.8 Å². The Kier molecular flexibility index (Phi) is 6.30. The van der Waals surface area contributed by atoms with Crippen molar-refractivity contribution in [1.29, 1.82) is 0 Å². The zero-order valence-corrected chi connectivity index (χ0v) is 14.6. The number of hydrogen-bond donors (Lipinski definition) is 1. The lowest BCUT2D eigenvalue weighted by Crippen LogP contribution is -2.35. The first-order valence-corrected chi connectivity index (χ1v) is 10.0. The van der Waals surface area contributed by atoms with E-state index in [9.17, 15) is 4.79 Å². The van der Waals surface area contributed by atoms with E-state index in [1.54, 1.807) is 0 Å². The average Bonchev–Trinajstić information content (AvgIpc) is 2.91. The minimum Gasteiger partial charge on any atom is -0.353 e. The predicted octanol–water partition coefficient (Wildman–Crippen LogP) is 3.11. The smallest absolute Gasteiger partial charge is 0.230 e. The fourth-order valence-electron chi connectivity index (χ4n) is 3.66. The number of rotatable bonds is 5. The van der Waals surface area contributed by atoms with E-state index < -0.39 is 0 Å². The van der Waals surface area contributed by atoms with Crippen LogP contribution in [0.25, 0.3) is 0 Å². The summed E-state index contributed by atoms with van der Waals surface area (Å²) in [6.07, 6.45) is 13.4. The number of carbonyl (C=O) groups excluding carboxylic acids is 1. The number of amides is 1. The molecule has 7 heteroatoms. The number of carbonyl (C=O) groups is 1. The molecule has 6 nitrogen and oxygen atoms in total. The molecule has 1 amide bonds. The molecule has 3 rings (SSSR count). The monoisotopic (exact) mass is 337 g/mol. The number of nitrogens with one attached hydrogen (secondary N) is 1. The summed E-state index contributed by atoms with van der Waals surface area (Å²) in [7, 11) is 0. The van der Waals surface area contributed by atoms with Gasteiger partial charge in [0.2, 0.25) is 11.1 Å². The molecule has 0 aliphatic heterocycles. The largest absolute Gasteiger partial charge is 0.353 e. The maximum Gasteiger partial charge on any atom is 0.230 e. The molecule has 0 unspecified atom stereocenters. The third kappa shape index (κ3) is 4.93. The normalized spacial score (nSPS) is 21.0. The van der Waals surface area contributed by atoms with Crippen LogP contribution in [0.15, 0.2) is 5.16 Å². The number of aromatic nitrogens is 4. The van der Waals surface area contributed by atoms with Gasteiger partial charge < -0.3 is 5.32 Å². The van der Waals surface area contributed by atoms with Crippen LogP contribution in [0.5, 0.6) is 0 Å². The molecule has 128 valence electrons. The Hall–Kier alpha value is -1.11. The molecule has 0 spiro atoms. The highest BCUT2D eigenvalue weighted by atomic mass is 32.2. The summed E-state index contributed by atoms with van der Waals surface area (Å²) in [6.45, 7) is 0. The fourth-order valence-corrected chi connectivity index (χ4v) is 4.41. The first kappa shape index (κ1) is 16.7. The van der Waals surface area contributed by atoms with Crippen LogP contribution in [0, 0.1) is 0 Å². The highest BCUT2D eigenvalue weighted by Gasteiger charge is 2.21. The summed E-state index contributed by atoms with van der Waals surface area (Å²) < 4.78 is 1.93. The first-order chi connectivity index (χ1) is 11.3. The van der Waals surface area contributed by atoms with E-state index in [2.05, 4.69) is 20.8 Å². The second-order valence-electron chi connectivity index (χ2n) is 6.74. The minimum absolute atomic E-state index is 0.111. The topological polar surface area (TPSA) is 72.7 Å². The molecule has 0 radical (unpaired) electrons. The third-order valence-electron chi connectivity index (χ3n) is 4.94. The van der Waals surface area contributed by atoms with Crippen LogP contribution in [0.2, 0.25) is 0 Å². The van der Waals surface area contributed by atoms with E-state index in [0.717, 1.165) is 30.8 Å². The standard InChI is InChI=1S/C16H27N5OS/c22-15(17-13-8-4-1-2-5-9-13)12-23-16-18-19-20-21(16)14-10-6-3-7-11-14/h13-14H,1-12H2,(H,17,22). The molecule has 1 heterocycles. The van der Waals surface area contributed by atoms with Crippen molar-refractivity contribution in [2.45, 2.75) is 87.9 Å². The van der Waals surface area contributed by atoms with Gasteiger partial charge in [-0.2, -0.15) is 0 Å². The highest BCUT2D eigenvalue weighted by Crippen LogP contribution is 2.30. The van der Waals surface area contributed by atoms with E-state index in [-0.39, 0.29) is 5.91 Å². The molecule has 0 saturated heterocycles. The molecule has 23 heavy (non-hydrogen) atoms. The molecular weight excluding hydrogens is 310 g/mol. The Labute approximate surface area is 142 Å². The van der Waals surface area contributed by atoms with Crippen molar-refractivity contribution < 1.29 is 4.79 Å². The second-order valence-corrected chi connectivity index (χ2v) is 7.69. The lowest BCUT2D eigenvalue weighted by atomic mass is 9.96. The van der Waals surface area contributed by atoms with E-state index in [1.165, 1.54) is 56.7 Å². The summed E-state index contributed by atoms with van der Waals surface area (Å²) in [5, 5.41) is 16.0. The van der Waals surface area contributed by atoms with Crippen molar-refractivity contribution in [2.75, 3.05) is 5.75 Å². The van der Waals surface area contributed by atoms with E-state index in [0.29, 0.717) is 17.8 Å². The van der Waals surface area contributed by atoms with Gasteiger partial charge >= 0.3 is 0 Å². The zero-order valence-electron chi connectivity index (χ0n) is 13.7. The Bertz CT molecular complexity index is 492. The Morgan fingerprint density at radius 1 is 1.04 bits per heavy atom. The summed E-state index contributed by atoms with van der Waals surface area (Å²) in [5.41, 5.74) is 0. The van der Waals surface area contributed by atoms with Crippen molar-refractivity contribution in [3.05, 3.63) is 0 Å². The zero-order chi connectivity index (χ0) is 15.9. The summed E-state index contributed by atoms with van der Waals surface area (Å²) in [6, 6.07) is 0.770. The van der Waals surface area contributed by atoms with Crippen LogP contribution in [-0.2, 0) is 4.79 Å². The quantitative estimate of drug-likeness (QED) is 0.660. The van der Waals surface area contributed by atoms with Crippen LogP contribution < -0.4 is 5.32 Å². The molecule has 0 atom stereocenters. The van der Waals surface area contributed by atoms with Crippen molar-refractivity contribution in [3.8, 4) is 0 Å². The van der Waals surface area contributed by atoms with Crippen molar-refractivity contribution in [2.24, 2.45) is 0 Å². The predicted molar refractivity (Wildman–Crippen MR) is 90.3 cm³/mol. The lowest BCUT2D eigenvalue weighted by molar-refractivity contribution is -0.119. The number of tetrazole rings is 1. The van der Waals surface area contributed by atoms with Crippen molar-refractivity contribution in [3.63, 3.8) is 0 Å². The molecule has 2 aliphatic rings. The maximum absolute atomic E-state index is 12.2. The molecule has 2 aliphatic carbocycles. The van der Waals surface area contributed by atoms with Gasteiger partial charge in [-0.3, -0.25) is 4.79 Å². The molecule has 2 fully saturated rings. The SMILES string of the molecule is O=C(CSc1nnnn1C1CCCCC1)NC1CCCCCC1. The van der Waals surface area contributed by atoms with E-state index in [4.69, 9.17) is 0 Å². The second kappa shape index (κ2) is 8.66. The summed E-state index contributed by atoms with van der Waals surface area (Å²) in [4.78, 5) is 12.2. The summed E-state index contributed by atoms with van der Waals surface area (Å²) in [5.74, 6) is 0.518. The van der Waals surface area contributed by atoms with Crippen LogP contribution in [0.1, 0.15) is 76.7 Å². The number of hydrogen-bond acceptors (Lipinski definition) is 5. The Balaban J connectivity index is 1.48. The average molecular weight is 337 g/mol. The van der Waals surface area contributed by atoms with Gasteiger partial charge in [-0.1, -0.05) is 56.7 Å².